The molecule has 0 saturated carbocycles. The molecule has 6 heteroatoms. The molecule has 3 aromatic rings. The van der Waals surface area contributed by atoms with E-state index in [1.54, 1.807) is 68.0 Å². The van der Waals surface area contributed by atoms with E-state index in [4.69, 9.17) is 4.74 Å². The molecule has 0 bridgehead atoms. The summed E-state index contributed by atoms with van der Waals surface area (Å²) in [5, 5.41) is 5.62. The van der Waals surface area contributed by atoms with Crippen LogP contribution in [-0.2, 0) is 6.54 Å². The number of aromatic nitrogens is 1. The molecule has 0 saturated heterocycles. The average molecular weight is 361 g/mol. The van der Waals surface area contributed by atoms with E-state index in [0.717, 1.165) is 5.56 Å². The molecule has 3 rings (SSSR count). The second kappa shape index (κ2) is 8.62. The zero-order valence-electron chi connectivity index (χ0n) is 14.8. The van der Waals surface area contributed by atoms with Gasteiger partial charge in [-0.25, -0.2) is 0 Å². The van der Waals surface area contributed by atoms with Gasteiger partial charge in [0.15, 0.2) is 0 Å². The SMILES string of the molecule is COc1cccc(NC(=O)c2ccc(C(=O)NCc3cccnc3)cc2)c1. The summed E-state index contributed by atoms with van der Waals surface area (Å²) in [5.41, 5.74) is 2.50. The number of carbonyl (C=O) groups excluding carboxylic acids is 2. The second-order valence-electron chi connectivity index (χ2n) is 5.81. The maximum absolute atomic E-state index is 12.3. The summed E-state index contributed by atoms with van der Waals surface area (Å²) in [6.07, 6.45) is 3.38. The lowest BCUT2D eigenvalue weighted by Crippen LogP contribution is -2.23. The van der Waals surface area contributed by atoms with E-state index in [2.05, 4.69) is 15.6 Å². The Kier molecular flexibility index (Phi) is 5.79. The molecule has 0 aliphatic heterocycles. The smallest absolute Gasteiger partial charge is 0.255 e. The molecule has 2 aromatic carbocycles. The Bertz CT molecular complexity index is 925. The van der Waals surface area contributed by atoms with Crippen molar-refractivity contribution in [1.29, 1.82) is 0 Å². The molecule has 0 aliphatic carbocycles. The first-order valence-electron chi connectivity index (χ1n) is 8.38. The average Bonchev–Trinajstić information content (AvgIpc) is 2.73. The van der Waals surface area contributed by atoms with E-state index >= 15 is 0 Å². The molecule has 27 heavy (non-hydrogen) atoms. The van der Waals surface area contributed by atoms with Crippen molar-refractivity contribution in [1.82, 2.24) is 10.3 Å². The third-order valence-electron chi connectivity index (χ3n) is 3.91. The molecule has 0 fully saturated rings. The summed E-state index contributed by atoms with van der Waals surface area (Å²) >= 11 is 0. The van der Waals surface area contributed by atoms with Gasteiger partial charge in [-0.3, -0.25) is 14.6 Å². The Morgan fingerprint density at radius 1 is 0.963 bits per heavy atom. The van der Waals surface area contributed by atoms with Gasteiger partial charge in [-0.15, -0.1) is 0 Å². The number of amides is 2. The number of pyridine rings is 1. The van der Waals surface area contributed by atoms with Gasteiger partial charge in [-0.1, -0.05) is 12.1 Å². The van der Waals surface area contributed by atoms with Crippen LogP contribution in [0, 0.1) is 0 Å². The number of nitrogens with one attached hydrogen (secondary N) is 2. The fourth-order valence-electron chi connectivity index (χ4n) is 2.46. The molecule has 1 aromatic heterocycles. The van der Waals surface area contributed by atoms with Gasteiger partial charge >= 0.3 is 0 Å². The highest BCUT2D eigenvalue weighted by Gasteiger charge is 2.09. The van der Waals surface area contributed by atoms with Gasteiger partial charge in [0.1, 0.15) is 5.75 Å². The number of carbonyl (C=O) groups is 2. The number of ether oxygens (including phenoxy) is 1. The quantitative estimate of drug-likeness (QED) is 0.706. The maximum atomic E-state index is 12.3. The van der Waals surface area contributed by atoms with E-state index in [0.29, 0.717) is 29.1 Å². The minimum atomic E-state index is -0.259. The largest absolute Gasteiger partial charge is 0.497 e. The molecule has 2 N–H and O–H groups in total. The fraction of sp³-hybridized carbons (Fsp3) is 0.0952. The Morgan fingerprint density at radius 3 is 2.37 bits per heavy atom. The zero-order valence-corrected chi connectivity index (χ0v) is 14.8. The van der Waals surface area contributed by atoms with Crippen LogP contribution >= 0.6 is 0 Å². The highest BCUT2D eigenvalue weighted by atomic mass is 16.5. The lowest BCUT2D eigenvalue weighted by Gasteiger charge is -2.08. The number of rotatable bonds is 6. The second-order valence-corrected chi connectivity index (χ2v) is 5.81. The summed E-state index contributed by atoms with van der Waals surface area (Å²) in [7, 11) is 1.57. The lowest BCUT2D eigenvalue weighted by molar-refractivity contribution is 0.0949. The number of hydrogen-bond acceptors (Lipinski definition) is 4. The van der Waals surface area contributed by atoms with Crippen LogP contribution < -0.4 is 15.4 Å². The number of nitrogens with zero attached hydrogens (tertiary/aromatic N) is 1. The van der Waals surface area contributed by atoms with Gasteiger partial charge in [-0.05, 0) is 48.0 Å². The molecule has 0 aliphatic rings. The minimum absolute atomic E-state index is 0.210. The van der Waals surface area contributed by atoms with Crippen LogP contribution in [0.3, 0.4) is 0 Å². The first-order valence-corrected chi connectivity index (χ1v) is 8.38. The van der Waals surface area contributed by atoms with E-state index in [9.17, 15) is 9.59 Å². The molecule has 0 atom stereocenters. The van der Waals surface area contributed by atoms with Gasteiger partial charge in [0, 0.05) is 41.8 Å². The lowest BCUT2D eigenvalue weighted by atomic mass is 10.1. The van der Waals surface area contributed by atoms with E-state index in [1.165, 1.54) is 0 Å². The van der Waals surface area contributed by atoms with Gasteiger partial charge in [0.05, 0.1) is 7.11 Å². The topological polar surface area (TPSA) is 80.3 Å². The van der Waals surface area contributed by atoms with Crippen LogP contribution in [-0.4, -0.2) is 23.9 Å². The third-order valence-corrected chi connectivity index (χ3v) is 3.91. The van der Waals surface area contributed by atoms with Gasteiger partial charge in [0.25, 0.3) is 11.8 Å². The Hall–Kier alpha value is -3.67. The Morgan fingerprint density at radius 2 is 1.70 bits per heavy atom. The predicted octanol–water partition coefficient (Wildman–Crippen LogP) is 3.27. The molecule has 136 valence electrons. The van der Waals surface area contributed by atoms with Crippen LogP contribution in [0.5, 0.6) is 5.75 Å². The van der Waals surface area contributed by atoms with Crippen molar-refractivity contribution in [3.05, 3.63) is 89.7 Å². The van der Waals surface area contributed by atoms with E-state index in [1.807, 2.05) is 12.1 Å². The zero-order chi connectivity index (χ0) is 19.1. The minimum Gasteiger partial charge on any atom is -0.497 e. The van der Waals surface area contributed by atoms with Crippen molar-refractivity contribution in [2.75, 3.05) is 12.4 Å². The van der Waals surface area contributed by atoms with Crippen molar-refractivity contribution < 1.29 is 14.3 Å². The van der Waals surface area contributed by atoms with E-state index < -0.39 is 0 Å². The monoisotopic (exact) mass is 361 g/mol. The first kappa shape index (κ1) is 18.1. The number of hydrogen-bond donors (Lipinski definition) is 2. The molecular weight excluding hydrogens is 342 g/mol. The Labute approximate surface area is 157 Å². The van der Waals surface area contributed by atoms with Crippen molar-refractivity contribution in [3.63, 3.8) is 0 Å². The highest BCUT2D eigenvalue weighted by molar-refractivity contribution is 6.05. The predicted molar refractivity (Wildman–Crippen MR) is 103 cm³/mol. The van der Waals surface area contributed by atoms with E-state index in [-0.39, 0.29) is 11.8 Å². The molecule has 1 heterocycles. The fourth-order valence-corrected chi connectivity index (χ4v) is 2.46. The number of methoxy groups -OCH3 is 1. The Balaban J connectivity index is 1.60. The normalized spacial score (nSPS) is 10.1. The van der Waals surface area contributed by atoms with Crippen LogP contribution in [0.1, 0.15) is 26.3 Å². The van der Waals surface area contributed by atoms with Gasteiger partial charge in [-0.2, -0.15) is 0 Å². The number of benzene rings is 2. The van der Waals surface area contributed by atoms with Crippen molar-refractivity contribution in [2.45, 2.75) is 6.54 Å². The van der Waals surface area contributed by atoms with Gasteiger partial charge < -0.3 is 15.4 Å². The summed E-state index contributed by atoms with van der Waals surface area (Å²) in [5.74, 6) is 0.192. The van der Waals surface area contributed by atoms with Gasteiger partial charge in [0.2, 0.25) is 0 Å². The van der Waals surface area contributed by atoms with Crippen LogP contribution in [0.15, 0.2) is 73.1 Å². The van der Waals surface area contributed by atoms with Crippen LogP contribution in [0.2, 0.25) is 0 Å². The third kappa shape index (κ3) is 4.92. The number of anilines is 1. The molecule has 0 unspecified atom stereocenters. The molecular formula is C21H19N3O3. The van der Waals surface area contributed by atoms with Crippen LogP contribution in [0.4, 0.5) is 5.69 Å². The summed E-state index contributed by atoms with van der Waals surface area (Å²) in [6, 6.07) is 17.3. The summed E-state index contributed by atoms with van der Waals surface area (Å²) < 4.78 is 5.14. The molecule has 0 spiro atoms. The molecule has 2 amide bonds. The maximum Gasteiger partial charge on any atom is 0.255 e. The van der Waals surface area contributed by atoms with Crippen molar-refractivity contribution in [2.24, 2.45) is 0 Å². The molecule has 6 nitrogen and oxygen atoms in total. The summed E-state index contributed by atoms with van der Waals surface area (Å²) in [4.78, 5) is 28.6. The van der Waals surface area contributed by atoms with Crippen LogP contribution in [0.25, 0.3) is 0 Å². The van der Waals surface area contributed by atoms with Crippen molar-refractivity contribution in [3.8, 4) is 5.75 Å². The molecule has 0 radical (unpaired) electrons. The van der Waals surface area contributed by atoms with Crippen molar-refractivity contribution >= 4 is 17.5 Å². The summed E-state index contributed by atoms with van der Waals surface area (Å²) in [6.45, 7) is 0.394. The highest BCUT2D eigenvalue weighted by Crippen LogP contribution is 2.17. The first-order chi connectivity index (χ1) is 13.2. The standard InChI is InChI=1S/C21H19N3O3/c1-27-19-6-2-5-18(12-19)24-21(26)17-9-7-16(8-10-17)20(25)23-14-15-4-3-11-22-13-15/h2-13H,14H2,1H3,(H,23,25)(H,24,26).